The maximum atomic E-state index is 11.6. The number of rotatable bonds is 6. The molecule has 0 bridgehead atoms. The molecule has 0 saturated carbocycles. The van der Waals surface area contributed by atoms with Crippen LogP contribution in [0.2, 0.25) is 0 Å². The highest BCUT2D eigenvalue weighted by Crippen LogP contribution is 2.26. The molecule has 1 saturated heterocycles. The van der Waals surface area contributed by atoms with E-state index in [1.807, 2.05) is 6.92 Å². The van der Waals surface area contributed by atoms with Crippen LogP contribution in [0.25, 0.3) is 0 Å². The summed E-state index contributed by atoms with van der Waals surface area (Å²) < 4.78 is 10.6. The van der Waals surface area contributed by atoms with E-state index in [9.17, 15) is 4.79 Å². The van der Waals surface area contributed by atoms with Gasteiger partial charge in [0.2, 0.25) is 0 Å². The van der Waals surface area contributed by atoms with Gasteiger partial charge in [0.05, 0.1) is 13.2 Å². The minimum absolute atomic E-state index is 0.0358. The van der Waals surface area contributed by atoms with Gasteiger partial charge in [-0.25, -0.2) is 0 Å². The lowest BCUT2D eigenvalue weighted by molar-refractivity contribution is -0.144. The van der Waals surface area contributed by atoms with Gasteiger partial charge in [-0.3, -0.25) is 4.79 Å². The van der Waals surface area contributed by atoms with Crippen molar-refractivity contribution >= 4 is 5.97 Å². The smallest absolute Gasteiger partial charge is 0.306 e. The monoisotopic (exact) mass is 317 g/mol. The largest absolute Gasteiger partial charge is 0.493 e. The van der Waals surface area contributed by atoms with E-state index in [1.54, 1.807) is 0 Å². The number of esters is 1. The number of benzene rings is 1. The van der Waals surface area contributed by atoms with Gasteiger partial charge >= 0.3 is 5.97 Å². The molecule has 2 aliphatic rings. The summed E-state index contributed by atoms with van der Waals surface area (Å²) in [6.45, 7) is 6.48. The first-order chi connectivity index (χ1) is 11.2. The van der Waals surface area contributed by atoms with Crippen molar-refractivity contribution in [2.45, 2.75) is 39.0 Å². The Kier molecular flexibility index (Phi) is 5.55. The summed E-state index contributed by atoms with van der Waals surface area (Å²) in [4.78, 5) is 14.1. The molecule has 0 amide bonds. The summed E-state index contributed by atoms with van der Waals surface area (Å²) in [6.07, 6.45) is 4.94. The zero-order chi connectivity index (χ0) is 16.1. The number of piperidine rings is 1. The van der Waals surface area contributed by atoms with E-state index in [2.05, 4.69) is 23.1 Å². The third-order valence-corrected chi connectivity index (χ3v) is 4.94. The molecule has 0 spiro atoms. The Bertz CT molecular complexity index is 535. The molecule has 0 N–H and O–H groups in total. The van der Waals surface area contributed by atoms with E-state index in [4.69, 9.17) is 9.47 Å². The van der Waals surface area contributed by atoms with Gasteiger partial charge in [-0.1, -0.05) is 12.1 Å². The molecule has 3 rings (SSSR count). The van der Waals surface area contributed by atoms with E-state index < -0.39 is 0 Å². The van der Waals surface area contributed by atoms with E-state index in [0.717, 1.165) is 57.7 Å². The van der Waals surface area contributed by atoms with E-state index >= 15 is 0 Å². The topological polar surface area (TPSA) is 38.8 Å². The third-order valence-electron chi connectivity index (χ3n) is 4.94. The van der Waals surface area contributed by atoms with E-state index in [0.29, 0.717) is 18.9 Å². The lowest BCUT2D eigenvalue weighted by Gasteiger charge is -2.31. The molecule has 0 atom stereocenters. The molecule has 0 aromatic heterocycles. The summed E-state index contributed by atoms with van der Waals surface area (Å²) in [6, 6.07) is 6.61. The number of ether oxygens (including phenoxy) is 2. The maximum absolute atomic E-state index is 11.6. The molecule has 4 nitrogen and oxygen atoms in total. The van der Waals surface area contributed by atoms with Crippen molar-refractivity contribution in [1.29, 1.82) is 0 Å². The van der Waals surface area contributed by atoms with Gasteiger partial charge in [0.15, 0.2) is 0 Å². The Labute approximate surface area is 138 Å². The number of hydrogen-bond acceptors (Lipinski definition) is 4. The fourth-order valence-corrected chi connectivity index (χ4v) is 3.55. The number of nitrogens with zero attached hydrogens (tertiary/aromatic N) is 1. The van der Waals surface area contributed by atoms with Crippen molar-refractivity contribution in [1.82, 2.24) is 4.90 Å². The summed E-state index contributed by atoms with van der Waals surface area (Å²) in [5, 5.41) is 0. The highest BCUT2D eigenvalue weighted by Gasteiger charge is 2.22. The second-order valence-corrected chi connectivity index (χ2v) is 6.58. The van der Waals surface area contributed by atoms with Crippen LogP contribution in [-0.2, 0) is 22.4 Å². The lowest BCUT2D eigenvalue weighted by Crippen LogP contribution is -2.35. The molecule has 1 aromatic carbocycles. The average molecular weight is 317 g/mol. The van der Waals surface area contributed by atoms with Crippen molar-refractivity contribution in [3.63, 3.8) is 0 Å². The van der Waals surface area contributed by atoms with Crippen LogP contribution in [0.1, 0.15) is 37.3 Å². The van der Waals surface area contributed by atoms with Crippen LogP contribution < -0.4 is 4.74 Å². The van der Waals surface area contributed by atoms with Gasteiger partial charge in [-0.15, -0.1) is 0 Å². The molecule has 0 aliphatic carbocycles. The number of carbonyl (C=O) groups is 1. The first-order valence-corrected chi connectivity index (χ1v) is 8.87. The lowest BCUT2D eigenvalue weighted by atomic mass is 9.93. The highest BCUT2D eigenvalue weighted by molar-refractivity contribution is 5.69. The number of hydrogen-bond donors (Lipinski definition) is 0. The third kappa shape index (κ3) is 4.47. The Balaban J connectivity index is 1.40. The zero-order valence-corrected chi connectivity index (χ0v) is 14.1. The Morgan fingerprint density at radius 2 is 2.17 bits per heavy atom. The fourth-order valence-electron chi connectivity index (χ4n) is 3.55. The molecule has 1 fully saturated rings. The van der Waals surface area contributed by atoms with Crippen LogP contribution in [0, 0.1) is 5.92 Å². The predicted octanol–water partition coefficient (Wildman–Crippen LogP) is 2.83. The zero-order valence-electron chi connectivity index (χ0n) is 14.1. The Morgan fingerprint density at radius 1 is 1.35 bits per heavy atom. The molecule has 2 heterocycles. The van der Waals surface area contributed by atoms with Crippen LogP contribution in [0.15, 0.2) is 18.2 Å². The predicted molar refractivity (Wildman–Crippen MR) is 89.8 cm³/mol. The van der Waals surface area contributed by atoms with Crippen molar-refractivity contribution in [3.05, 3.63) is 29.3 Å². The van der Waals surface area contributed by atoms with Crippen molar-refractivity contribution in [2.75, 3.05) is 32.8 Å². The van der Waals surface area contributed by atoms with Gasteiger partial charge in [-0.2, -0.15) is 0 Å². The average Bonchev–Trinajstić information content (AvgIpc) is 3.02. The quantitative estimate of drug-likeness (QED) is 0.756. The summed E-state index contributed by atoms with van der Waals surface area (Å²) in [5.41, 5.74) is 2.76. The highest BCUT2D eigenvalue weighted by atomic mass is 16.5. The molecule has 0 radical (unpaired) electrons. The molecular weight excluding hydrogens is 290 g/mol. The van der Waals surface area contributed by atoms with Crippen LogP contribution in [0.5, 0.6) is 5.75 Å². The number of carbonyl (C=O) groups excluding carboxylic acids is 1. The number of fused-ring (bicyclic) bond motifs is 1. The second-order valence-electron chi connectivity index (χ2n) is 6.58. The van der Waals surface area contributed by atoms with Crippen LogP contribution in [0.4, 0.5) is 0 Å². The SMILES string of the molecule is CCOC(=O)CC1CCN(CCc2ccc3c(c2)CCO3)CC1. The standard InChI is InChI=1S/C19H27NO3/c1-2-22-19(21)14-16-6-10-20(11-7-16)9-5-15-3-4-18-17(13-15)8-12-23-18/h3-4,13,16H,2,5-12,14H2,1H3. The molecule has 1 aromatic rings. The molecule has 0 unspecified atom stereocenters. The first kappa shape index (κ1) is 16.3. The van der Waals surface area contributed by atoms with Gasteiger partial charge in [0, 0.05) is 19.4 Å². The Hall–Kier alpha value is -1.55. The van der Waals surface area contributed by atoms with Crippen LogP contribution >= 0.6 is 0 Å². The van der Waals surface area contributed by atoms with Gasteiger partial charge in [-0.05, 0) is 62.4 Å². The maximum Gasteiger partial charge on any atom is 0.306 e. The van der Waals surface area contributed by atoms with Crippen molar-refractivity contribution in [3.8, 4) is 5.75 Å². The van der Waals surface area contributed by atoms with Crippen LogP contribution in [-0.4, -0.2) is 43.7 Å². The second kappa shape index (κ2) is 7.82. The van der Waals surface area contributed by atoms with Crippen molar-refractivity contribution < 1.29 is 14.3 Å². The van der Waals surface area contributed by atoms with Crippen molar-refractivity contribution in [2.24, 2.45) is 5.92 Å². The van der Waals surface area contributed by atoms with Gasteiger partial charge < -0.3 is 14.4 Å². The summed E-state index contributed by atoms with van der Waals surface area (Å²) >= 11 is 0. The van der Waals surface area contributed by atoms with Gasteiger partial charge in [0.1, 0.15) is 5.75 Å². The van der Waals surface area contributed by atoms with E-state index in [-0.39, 0.29) is 5.97 Å². The minimum Gasteiger partial charge on any atom is -0.493 e. The normalized spacial score (nSPS) is 18.5. The molecule has 2 aliphatic heterocycles. The molecule has 23 heavy (non-hydrogen) atoms. The first-order valence-electron chi connectivity index (χ1n) is 8.87. The number of likely N-dealkylation sites (tertiary alicyclic amines) is 1. The van der Waals surface area contributed by atoms with Gasteiger partial charge in [0.25, 0.3) is 0 Å². The minimum atomic E-state index is -0.0358. The Morgan fingerprint density at radius 3 is 2.96 bits per heavy atom. The summed E-state index contributed by atoms with van der Waals surface area (Å²) in [7, 11) is 0. The summed E-state index contributed by atoms with van der Waals surface area (Å²) in [5.74, 6) is 1.53. The molecular formula is C19H27NO3. The molecule has 126 valence electrons. The molecule has 4 heteroatoms. The fraction of sp³-hybridized carbons (Fsp3) is 0.632. The van der Waals surface area contributed by atoms with E-state index in [1.165, 1.54) is 11.1 Å². The van der Waals surface area contributed by atoms with Crippen LogP contribution in [0.3, 0.4) is 0 Å².